The van der Waals surface area contributed by atoms with E-state index in [2.05, 4.69) is 0 Å². The first-order valence-electron chi connectivity index (χ1n) is 30.4. The molecule has 370 valence electrons. The molecule has 0 radical (unpaired) electrons. The molecule has 0 amide bonds. The van der Waals surface area contributed by atoms with Gasteiger partial charge in [-0.1, -0.05) is 202 Å². The molecule has 12 aromatic rings. The zero-order valence-electron chi connectivity index (χ0n) is 53.5. The van der Waals surface area contributed by atoms with Crippen molar-refractivity contribution in [2.45, 2.75) is 55.4 Å². The molecule has 0 bridgehead atoms. The molecule has 0 aromatic heterocycles. The highest BCUT2D eigenvalue weighted by Gasteiger charge is 2.30. The third-order valence-electron chi connectivity index (χ3n) is 14.3. The van der Waals surface area contributed by atoms with Crippen LogP contribution in [0.4, 0.5) is 42.9 Å². The first-order chi connectivity index (χ1) is 40.9. The topological polar surface area (TPSA) is 6.48 Å². The van der Waals surface area contributed by atoms with Crippen molar-refractivity contribution in [2.75, 3.05) is 9.80 Å². The summed E-state index contributed by atoms with van der Waals surface area (Å²) >= 11 is 0. The van der Waals surface area contributed by atoms with Crippen molar-refractivity contribution in [1.29, 1.82) is 0 Å². The van der Waals surface area contributed by atoms with Gasteiger partial charge in [-0.15, -0.1) is 0 Å². The second-order valence-corrected chi connectivity index (χ2v) is 20.4. The number of rotatable bonds is 10. The number of halogens is 2. The molecule has 0 saturated carbocycles. The quantitative estimate of drug-likeness (QED) is 0.126. The van der Waals surface area contributed by atoms with Gasteiger partial charge in [0.2, 0.25) is 0 Å². The Balaban J connectivity index is 1.23. The van der Waals surface area contributed by atoms with Crippen LogP contribution in [0, 0.1) is 67.0 Å². The largest absolute Gasteiger partial charge is 0.307 e. The van der Waals surface area contributed by atoms with Crippen molar-refractivity contribution >= 4 is 66.4 Å². The molecule has 0 spiro atoms. The van der Waals surface area contributed by atoms with Crippen LogP contribution in [0.5, 0.6) is 0 Å². The molecular formula is C72H58F2N2. The monoisotopic (exact) mass is 999 g/mol. The summed E-state index contributed by atoms with van der Waals surface area (Å²) in [5, 5.41) is 3.59. The van der Waals surface area contributed by atoms with Crippen molar-refractivity contribution in [2.24, 2.45) is 0 Å². The number of nitrogens with zero attached hydrogens (tertiary/aromatic N) is 2. The molecule has 12 aromatic carbocycles. The van der Waals surface area contributed by atoms with Gasteiger partial charge in [0.15, 0.2) is 0 Å². The number of para-hydroxylation sites is 2. The van der Waals surface area contributed by atoms with Crippen LogP contribution >= 0.6 is 0 Å². The van der Waals surface area contributed by atoms with Crippen LogP contribution in [0.3, 0.4) is 0 Å². The smallest absolute Gasteiger partial charge is 0.147 e. The normalized spacial score (nSPS) is 13.4. The van der Waals surface area contributed by atoms with Gasteiger partial charge in [-0.3, -0.25) is 0 Å². The third-order valence-corrected chi connectivity index (χ3v) is 14.3. The highest BCUT2D eigenvalue weighted by atomic mass is 19.1. The van der Waals surface area contributed by atoms with Crippen LogP contribution in [0.1, 0.15) is 58.2 Å². The molecule has 0 unspecified atom stereocenters. The molecule has 0 heterocycles. The maximum atomic E-state index is 18.2. The van der Waals surface area contributed by atoms with Gasteiger partial charge < -0.3 is 9.80 Å². The van der Waals surface area contributed by atoms with Crippen LogP contribution in [0.25, 0.3) is 76.8 Å². The predicted octanol–water partition coefficient (Wildman–Crippen LogP) is 20.9. The summed E-state index contributed by atoms with van der Waals surface area (Å²) in [6.07, 6.45) is 0. The van der Waals surface area contributed by atoms with Gasteiger partial charge in [-0.2, -0.15) is 0 Å². The van der Waals surface area contributed by atoms with Gasteiger partial charge in [0.1, 0.15) is 11.6 Å². The number of anilines is 6. The van der Waals surface area contributed by atoms with Crippen LogP contribution in [-0.2, 0) is 0 Å². The fourth-order valence-corrected chi connectivity index (χ4v) is 11.7. The number of benzene rings is 12. The van der Waals surface area contributed by atoms with Crippen LogP contribution < -0.4 is 9.80 Å². The maximum absolute atomic E-state index is 18.2. The molecule has 4 heteroatoms. The highest BCUT2D eigenvalue weighted by molar-refractivity contribution is 6.28. The summed E-state index contributed by atoms with van der Waals surface area (Å²) in [4.78, 5) is 2.93. The van der Waals surface area contributed by atoms with E-state index in [1.807, 2.05) is 165 Å². The van der Waals surface area contributed by atoms with E-state index < -0.39 is 72.1 Å². The summed E-state index contributed by atoms with van der Waals surface area (Å²) < 4.78 is 129. The number of hydrogen-bond acceptors (Lipinski definition) is 2. The maximum Gasteiger partial charge on any atom is 0.147 e. The third kappa shape index (κ3) is 8.54. The second-order valence-electron chi connectivity index (χ2n) is 20.4. The number of hydrogen-bond donors (Lipinski definition) is 0. The molecule has 0 atom stereocenters. The van der Waals surface area contributed by atoms with Gasteiger partial charge in [0.05, 0.1) is 36.5 Å². The molecule has 0 N–H and O–H groups in total. The SMILES string of the molecule is [2H]c1c([2H])c([2H])c(N(c2c(F)ccc(-c3cc(C)cc(C)c3)c2-c2cc(C)cc(C)c2)c2ccc3ccc4c(N(c5c([2H])c([2H])c([2H])c([2H])c5[2H])c5c(F)ccc(-c6cc(C)cc(C)c6)c5-c5cc(C)cc(C)c5)ccc5ccc2c3c54)c([2H])c1[2H]. The van der Waals surface area contributed by atoms with Crippen LogP contribution in [0.15, 0.2) is 206 Å². The van der Waals surface area contributed by atoms with Gasteiger partial charge in [-0.05, 0) is 159 Å². The first kappa shape index (κ1) is 37.8. The molecule has 76 heavy (non-hydrogen) atoms. The molecule has 12 rings (SSSR count). The molecule has 0 aliphatic rings. The average Bonchev–Trinajstić information content (AvgIpc) is 1.21. The lowest BCUT2D eigenvalue weighted by Gasteiger charge is -2.32. The van der Waals surface area contributed by atoms with E-state index in [4.69, 9.17) is 8.22 Å². The Morgan fingerprint density at radius 2 is 0.632 bits per heavy atom. The first-order valence-corrected chi connectivity index (χ1v) is 25.4. The van der Waals surface area contributed by atoms with Gasteiger partial charge in [0.25, 0.3) is 0 Å². The van der Waals surface area contributed by atoms with Crippen LogP contribution in [0.2, 0.25) is 0 Å². The van der Waals surface area contributed by atoms with Crippen molar-refractivity contribution in [3.05, 3.63) is 262 Å². The Labute approximate surface area is 459 Å². The van der Waals surface area contributed by atoms with Crippen molar-refractivity contribution in [1.82, 2.24) is 0 Å². The minimum Gasteiger partial charge on any atom is -0.307 e. The van der Waals surface area contributed by atoms with E-state index in [1.54, 1.807) is 24.3 Å². The summed E-state index contributed by atoms with van der Waals surface area (Å²) in [7, 11) is 0. The summed E-state index contributed by atoms with van der Waals surface area (Å²) in [5.74, 6) is -1.46. The Bertz CT molecular complexity index is 4420. The van der Waals surface area contributed by atoms with Crippen molar-refractivity contribution in [3.8, 4) is 44.5 Å². The predicted molar refractivity (Wildman–Crippen MR) is 319 cm³/mol. The Morgan fingerprint density at radius 3 is 0.961 bits per heavy atom. The minimum absolute atomic E-state index is 0.0636. The lowest BCUT2D eigenvalue weighted by atomic mass is 9.88. The Kier molecular flexibility index (Phi) is 9.51. The van der Waals surface area contributed by atoms with Crippen molar-refractivity contribution < 1.29 is 22.5 Å². The highest BCUT2D eigenvalue weighted by Crippen LogP contribution is 2.53. The van der Waals surface area contributed by atoms with Crippen molar-refractivity contribution in [3.63, 3.8) is 0 Å². The van der Waals surface area contributed by atoms with E-state index >= 15 is 8.78 Å². The standard InChI is InChI=1S/C72H58F2N2/c1-43-31-44(2)36-53(35-43)59-25-27-63(73)71(69(59)55-39-47(5)33-48(6)40-55)75(57-15-11-9-12-16-57)65-29-21-51-20-24-62-66(30-22-52-19-23-61(65)67(51)68(52)62)76(58-17-13-10-14-18-58)72-64(74)28-26-60(54-37-45(3)32-46(4)38-54)70(72)56-41-49(7)34-50(8)42-56/h9-42H,1-8H3/i9D,10D,11D,12D,13D,14D,15D,16D,17D,18D. The molecule has 0 fully saturated rings. The van der Waals surface area contributed by atoms with E-state index in [9.17, 15) is 5.48 Å². The summed E-state index contributed by atoms with van der Waals surface area (Å²) in [5.41, 5.74) is 12.2. The van der Waals surface area contributed by atoms with E-state index in [0.29, 0.717) is 65.7 Å². The molecule has 2 nitrogen and oxygen atoms in total. The lowest BCUT2D eigenvalue weighted by Crippen LogP contribution is -2.15. The fourth-order valence-electron chi connectivity index (χ4n) is 11.7. The average molecular weight is 999 g/mol. The molecular weight excluding hydrogens is 931 g/mol. The molecule has 0 aliphatic heterocycles. The number of aryl methyl sites for hydroxylation is 8. The fraction of sp³-hybridized carbons (Fsp3) is 0.111. The zero-order chi connectivity index (χ0) is 61.2. The van der Waals surface area contributed by atoms with E-state index in [1.165, 1.54) is 21.9 Å². The van der Waals surface area contributed by atoms with Gasteiger partial charge in [0, 0.05) is 33.3 Å². The minimum atomic E-state index is -0.731. The molecule has 0 aliphatic carbocycles. The van der Waals surface area contributed by atoms with Gasteiger partial charge >= 0.3 is 0 Å². The van der Waals surface area contributed by atoms with Gasteiger partial charge in [-0.25, -0.2) is 8.78 Å². The zero-order valence-corrected chi connectivity index (χ0v) is 43.5. The summed E-state index contributed by atoms with van der Waals surface area (Å²) in [6.45, 7) is 15.8. The Hall–Kier alpha value is -8.86. The Morgan fingerprint density at radius 1 is 0.329 bits per heavy atom. The molecule has 0 saturated heterocycles. The van der Waals surface area contributed by atoms with E-state index in [0.717, 1.165) is 55.6 Å². The summed E-state index contributed by atoms with van der Waals surface area (Å²) in [6, 6.07) is 38.9. The van der Waals surface area contributed by atoms with E-state index in [-0.39, 0.29) is 34.1 Å². The lowest BCUT2D eigenvalue weighted by molar-refractivity contribution is 0.629. The van der Waals surface area contributed by atoms with Crippen LogP contribution in [-0.4, -0.2) is 0 Å². The second kappa shape index (κ2) is 19.1.